The molecule has 0 aliphatic carbocycles. The van der Waals surface area contributed by atoms with Crippen LogP contribution in [0, 0.1) is 4.77 Å². The van der Waals surface area contributed by atoms with Crippen LogP contribution in [0.1, 0.15) is 24.2 Å². The lowest BCUT2D eigenvalue weighted by molar-refractivity contribution is -0.132. The normalized spacial score (nSPS) is 13.6. The molecule has 0 saturated carbocycles. The topological polar surface area (TPSA) is 75.5 Å². The highest BCUT2D eigenvalue weighted by Gasteiger charge is 2.24. The number of rotatable bonds is 6. The summed E-state index contributed by atoms with van der Waals surface area (Å²) in [7, 11) is 0. The quantitative estimate of drug-likeness (QED) is 0.308. The predicted octanol–water partition coefficient (Wildman–Crippen LogP) is 6.01. The van der Waals surface area contributed by atoms with Crippen LogP contribution in [-0.4, -0.2) is 31.4 Å². The molecule has 0 atom stereocenters. The predicted molar refractivity (Wildman–Crippen MR) is 136 cm³/mol. The number of nitrogens with one attached hydrogen (secondary N) is 1. The van der Waals surface area contributed by atoms with Gasteiger partial charge in [0.15, 0.2) is 10.6 Å². The van der Waals surface area contributed by atoms with Crippen LogP contribution >= 0.6 is 28.1 Å². The summed E-state index contributed by atoms with van der Waals surface area (Å²) in [6.45, 7) is 0.209. The van der Waals surface area contributed by atoms with E-state index in [9.17, 15) is 4.79 Å². The summed E-state index contributed by atoms with van der Waals surface area (Å²) in [5.41, 5.74) is 2.65. The Labute approximate surface area is 209 Å². The first kappa shape index (κ1) is 22.2. The molecular weight excluding hydrogens is 514 g/mol. The number of halogens is 1. The maximum absolute atomic E-state index is 12.7. The van der Waals surface area contributed by atoms with E-state index >= 15 is 0 Å². The number of amides is 1. The first-order valence-electron chi connectivity index (χ1n) is 10.7. The molecule has 1 aliphatic rings. The molecular formula is C25H20BrN5O2S. The molecule has 0 fully saturated rings. The van der Waals surface area contributed by atoms with E-state index in [-0.39, 0.29) is 12.5 Å². The largest absolute Gasteiger partial charge is 0.457 e. The van der Waals surface area contributed by atoms with E-state index in [1.165, 1.54) is 5.01 Å². The van der Waals surface area contributed by atoms with Crippen molar-refractivity contribution in [1.29, 1.82) is 0 Å². The van der Waals surface area contributed by atoms with Gasteiger partial charge in [-0.05, 0) is 78.4 Å². The van der Waals surface area contributed by atoms with Crippen molar-refractivity contribution in [3.05, 3.63) is 99.5 Å². The zero-order valence-electron chi connectivity index (χ0n) is 18.0. The van der Waals surface area contributed by atoms with Crippen LogP contribution in [0.2, 0.25) is 0 Å². The fourth-order valence-corrected chi connectivity index (χ4v) is 4.22. The number of hydrogen-bond acceptors (Lipinski definition) is 5. The molecule has 0 unspecified atom stereocenters. The maximum Gasteiger partial charge on any atom is 0.243 e. The second-order valence-corrected chi connectivity index (χ2v) is 9.00. The molecule has 3 aromatic carbocycles. The van der Waals surface area contributed by atoms with Crippen molar-refractivity contribution in [3.63, 3.8) is 0 Å². The fourth-order valence-electron chi connectivity index (χ4n) is 3.70. The Hall–Kier alpha value is -3.56. The minimum Gasteiger partial charge on any atom is -0.457 e. The smallest absolute Gasteiger partial charge is 0.243 e. The number of aromatic amines is 1. The number of para-hydroxylation sites is 1. The van der Waals surface area contributed by atoms with Crippen LogP contribution in [0.3, 0.4) is 0 Å². The highest BCUT2D eigenvalue weighted by molar-refractivity contribution is 9.10. The molecule has 0 saturated heterocycles. The molecule has 0 spiro atoms. The summed E-state index contributed by atoms with van der Waals surface area (Å²) in [6.07, 6.45) is 0.957. The summed E-state index contributed by atoms with van der Waals surface area (Å²) in [5.74, 6) is 2.08. The Morgan fingerprint density at radius 1 is 0.941 bits per heavy atom. The van der Waals surface area contributed by atoms with Gasteiger partial charge in [-0.25, -0.2) is 5.01 Å². The first-order chi connectivity index (χ1) is 16.6. The van der Waals surface area contributed by atoms with Crippen molar-refractivity contribution >= 4 is 39.8 Å². The second kappa shape index (κ2) is 9.74. The third-order valence-electron chi connectivity index (χ3n) is 5.39. The molecule has 1 N–H and O–H groups in total. The van der Waals surface area contributed by atoms with Crippen molar-refractivity contribution in [2.75, 3.05) is 0 Å². The Morgan fingerprint density at radius 2 is 1.65 bits per heavy atom. The molecule has 1 aromatic heterocycles. The highest BCUT2D eigenvalue weighted by Crippen LogP contribution is 2.24. The minimum absolute atomic E-state index is 0.0518. The van der Waals surface area contributed by atoms with Gasteiger partial charge in [0.05, 0.1) is 5.71 Å². The molecule has 0 bridgehead atoms. The average Bonchev–Trinajstić information content (AvgIpc) is 3.22. The SMILES string of the molecule is O=C1CCC(c2ccc(Oc3ccccc3)cc2)=NN1Cc1n[nH]c(=S)n1-c1ccc(Br)cc1. The van der Waals surface area contributed by atoms with Gasteiger partial charge < -0.3 is 4.74 Å². The van der Waals surface area contributed by atoms with Gasteiger partial charge in [0.2, 0.25) is 5.91 Å². The van der Waals surface area contributed by atoms with Gasteiger partial charge >= 0.3 is 0 Å². The maximum atomic E-state index is 12.7. The number of hydrogen-bond donors (Lipinski definition) is 1. The number of H-pyrrole nitrogens is 1. The zero-order valence-corrected chi connectivity index (χ0v) is 20.4. The average molecular weight is 534 g/mol. The van der Waals surface area contributed by atoms with E-state index in [1.807, 2.05) is 83.4 Å². The third kappa shape index (κ3) is 4.85. The van der Waals surface area contributed by atoms with Crippen LogP contribution in [0.15, 0.2) is 88.4 Å². The van der Waals surface area contributed by atoms with Crippen LogP contribution in [0.25, 0.3) is 5.69 Å². The van der Waals surface area contributed by atoms with E-state index in [1.54, 1.807) is 0 Å². The molecule has 0 radical (unpaired) electrons. The number of benzene rings is 3. The van der Waals surface area contributed by atoms with E-state index in [4.69, 9.17) is 17.0 Å². The van der Waals surface area contributed by atoms with E-state index < -0.39 is 0 Å². The Kier molecular flexibility index (Phi) is 6.37. The Balaban J connectivity index is 1.37. The fraction of sp³-hybridized carbons (Fsp3) is 0.120. The standard InChI is InChI=1S/C25H20BrN5O2S/c26-18-8-10-19(11-9-18)31-23(27-28-25(31)34)16-30-24(32)15-14-22(29-30)17-6-12-21(13-7-17)33-20-4-2-1-3-5-20/h1-13H,14-16H2,(H,28,34). The molecule has 7 nitrogen and oxygen atoms in total. The molecule has 170 valence electrons. The van der Waals surface area contributed by atoms with Crippen LogP contribution in [0.4, 0.5) is 0 Å². The highest BCUT2D eigenvalue weighted by atomic mass is 79.9. The molecule has 2 heterocycles. The molecule has 5 rings (SSSR count). The number of aromatic nitrogens is 3. The lowest BCUT2D eigenvalue weighted by Gasteiger charge is -2.23. The van der Waals surface area contributed by atoms with E-state index in [0.29, 0.717) is 23.4 Å². The van der Waals surface area contributed by atoms with Crippen molar-refractivity contribution in [3.8, 4) is 17.2 Å². The van der Waals surface area contributed by atoms with Crippen LogP contribution in [0.5, 0.6) is 11.5 Å². The van der Waals surface area contributed by atoms with E-state index in [2.05, 4.69) is 31.2 Å². The van der Waals surface area contributed by atoms with Gasteiger partial charge in [0.1, 0.15) is 18.0 Å². The molecule has 34 heavy (non-hydrogen) atoms. The van der Waals surface area contributed by atoms with E-state index in [0.717, 1.165) is 32.9 Å². The Bertz CT molecular complexity index is 1400. The lowest BCUT2D eigenvalue weighted by Crippen LogP contribution is -2.32. The number of nitrogens with zero attached hydrogens (tertiary/aromatic N) is 4. The van der Waals surface area contributed by atoms with Gasteiger partial charge in [-0.3, -0.25) is 14.5 Å². The number of carbonyl (C=O) groups is 1. The number of ether oxygens (including phenoxy) is 1. The van der Waals surface area contributed by atoms with Crippen molar-refractivity contribution < 1.29 is 9.53 Å². The van der Waals surface area contributed by atoms with Crippen molar-refractivity contribution in [2.45, 2.75) is 19.4 Å². The lowest BCUT2D eigenvalue weighted by atomic mass is 10.0. The minimum atomic E-state index is -0.0518. The first-order valence-corrected chi connectivity index (χ1v) is 11.9. The molecule has 1 aliphatic heterocycles. The molecule has 9 heteroatoms. The van der Waals surface area contributed by atoms with Crippen LogP contribution < -0.4 is 4.74 Å². The van der Waals surface area contributed by atoms with Gasteiger partial charge in [-0.1, -0.05) is 34.1 Å². The third-order valence-corrected chi connectivity index (χ3v) is 6.19. The summed E-state index contributed by atoms with van der Waals surface area (Å²) in [4.78, 5) is 12.7. The second-order valence-electron chi connectivity index (χ2n) is 7.69. The summed E-state index contributed by atoms with van der Waals surface area (Å²) >= 11 is 8.87. The zero-order chi connectivity index (χ0) is 23.5. The molecule has 4 aromatic rings. The summed E-state index contributed by atoms with van der Waals surface area (Å²) in [5, 5.41) is 13.3. The van der Waals surface area contributed by atoms with Crippen LogP contribution in [-0.2, 0) is 11.3 Å². The van der Waals surface area contributed by atoms with Gasteiger partial charge in [0.25, 0.3) is 0 Å². The van der Waals surface area contributed by atoms with Gasteiger partial charge in [-0.2, -0.15) is 10.2 Å². The van der Waals surface area contributed by atoms with Crippen molar-refractivity contribution in [1.82, 2.24) is 19.8 Å². The van der Waals surface area contributed by atoms with Crippen molar-refractivity contribution in [2.24, 2.45) is 5.10 Å². The number of carbonyl (C=O) groups excluding carboxylic acids is 1. The number of hydrazone groups is 1. The Morgan fingerprint density at radius 3 is 2.38 bits per heavy atom. The summed E-state index contributed by atoms with van der Waals surface area (Å²) in [6, 6.07) is 25.1. The van der Waals surface area contributed by atoms with Gasteiger partial charge in [0, 0.05) is 23.0 Å². The molecule has 1 amide bonds. The van der Waals surface area contributed by atoms with Gasteiger partial charge in [-0.15, -0.1) is 0 Å². The monoisotopic (exact) mass is 533 g/mol. The summed E-state index contributed by atoms with van der Waals surface area (Å²) < 4.78 is 9.11.